The summed E-state index contributed by atoms with van der Waals surface area (Å²) in [6.45, 7) is 3.64. The average molecular weight is 281 g/mol. The van der Waals surface area contributed by atoms with Gasteiger partial charge >= 0.3 is 0 Å². The number of aliphatic hydroxyl groups is 1. The Kier molecular flexibility index (Phi) is 3.72. The van der Waals surface area contributed by atoms with Crippen LogP contribution in [0, 0.1) is 12.1 Å². The lowest BCUT2D eigenvalue weighted by atomic mass is 10.1. The molecule has 0 radical (unpaired) electrons. The van der Waals surface area contributed by atoms with Crippen molar-refractivity contribution < 1.29 is 9.84 Å². The number of hydrogen-bond acceptors (Lipinski definition) is 3. The second kappa shape index (κ2) is 5.67. The Balaban J connectivity index is 1.81. The van der Waals surface area contributed by atoms with E-state index < -0.39 is 6.10 Å². The SMILES string of the molecule is COc1c#ccc(CN2CCc3cc(C(C)O)ccc32)c1. The van der Waals surface area contributed by atoms with Crippen LogP contribution in [-0.4, -0.2) is 18.8 Å². The predicted molar refractivity (Wildman–Crippen MR) is 82.5 cm³/mol. The number of nitrogens with zero attached hydrogens (tertiary/aromatic N) is 1. The number of anilines is 1. The van der Waals surface area contributed by atoms with E-state index in [0.717, 1.165) is 36.4 Å². The number of ether oxygens (including phenoxy) is 1. The van der Waals surface area contributed by atoms with Gasteiger partial charge in [-0.15, -0.1) is 0 Å². The van der Waals surface area contributed by atoms with Crippen molar-refractivity contribution in [3.05, 3.63) is 59.2 Å². The zero-order valence-electron chi connectivity index (χ0n) is 12.4. The van der Waals surface area contributed by atoms with Crippen LogP contribution in [-0.2, 0) is 13.0 Å². The molecule has 0 aromatic heterocycles. The molecule has 0 aliphatic carbocycles. The molecule has 3 heteroatoms. The minimum absolute atomic E-state index is 0.409. The van der Waals surface area contributed by atoms with E-state index in [-0.39, 0.29) is 0 Å². The lowest BCUT2D eigenvalue weighted by Gasteiger charge is -2.19. The maximum atomic E-state index is 9.68. The van der Waals surface area contributed by atoms with E-state index >= 15 is 0 Å². The molecule has 1 atom stereocenters. The molecule has 108 valence electrons. The molecule has 1 aliphatic rings. The minimum Gasteiger partial charge on any atom is -0.489 e. The van der Waals surface area contributed by atoms with Gasteiger partial charge < -0.3 is 14.7 Å². The first-order valence-electron chi connectivity index (χ1n) is 7.19. The molecule has 2 aromatic carbocycles. The van der Waals surface area contributed by atoms with Crippen LogP contribution in [0.4, 0.5) is 5.69 Å². The molecular formula is C18H19NO2. The Hall–Kier alpha value is -2.18. The summed E-state index contributed by atoms with van der Waals surface area (Å²) in [4.78, 5) is 2.35. The highest BCUT2D eigenvalue weighted by Gasteiger charge is 2.20. The van der Waals surface area contributed by atoms with Crippen molar-refractivity contribution in [3.63, 3.8) is 0 Å². The first kappa shape index (κ1) is 13.8. The number of aliphatic hydroxyl groups excluding tert-OH is 1. The average Bonchev–Trinajstić information content (AvgIpc) is 2.90. The third-order valence-electron chi connectivity index (χ3n) is 3.94. The van der Waals surface area contributed by atoms with Gasteiger partial charge in [0, 0.05) is 18.8 Å². The maximum Gasteiger partial charge on any atom is 0.170 e. The molecule has 0 fully saturated rings. The van der Waals surface area contributed by atoms with E-state index in [9.17, 15) is 5.11 Å². The highest BCUT2D eigenvalue weighted by molar-refractivity contribution is 5.59. The molecule has 0 bridgehead atoms. The van der Waals surface area contributed by atoms with Crippen LogP contribution in [0.5, 0.6) is 5.75 Å². The van der Waals surface area contributed by atoms with Crippen LogP contribution in [0.15, 0.2) is 30.3 Å². The van der Waals surface area contributed by atoms with Crippen LogP contribution < -0.4 is 9.64 Å². The van der Waals surface area contributed by atoms with Gasteiger partial charge in [0.1, 0.15) is 0 Å². The molecule has 0 spiro atoms. The first-order chi connectivity index (χ1) is 10.2. The topological polar surface area (TPSA) is 32.7 Å². The summed E-state index contributed by atoms with van der Waals surface area (Å²) >= 11 is 0. The standard InChI is InChI=1S/C18H19NO2/c1-13(20)15-6-7-18-16(11-15)8-9-19(18)12-14-4-3-5-17(10-14)21-2/h4,6-7,10-11,13,20H,8-9,12H2,1-2H3. The molecular weight excluding hydrogens is 262 g/mol. The molecule has 1 unspecified atom stereocenters. The number of hydrogen-bond donors (Lipinski definition) is 1. The van der Waals surface area contributed by atoms with Crippen LogP contribution in [0.25, 0.3) is 0 Å². The van der Waals surface area contributed by atoms with Gasteiger partial charge in [0.25, 0.3) is 0 Å². The van der Waals surface area contributed by atoms with Gasteiger partial charge in [-0.05, 0) is 54.3 Å². The Bertz CT molecular complexity index is 637. The van der Waals surface area contributed by atoms with Crippen molar-refractivity contribution in [2.75, 3.05) is 18.6 Å². The van der Waals surface area contributed by atoms with E-state index in [1.165, 1.54) is 11.3 Å². The summed E-state index contributed by atoms with van der Waals surface area (Å²) in [7, 11) is 1.65. The van der Waals surface area contributed by atoms with Gasteiger partial charge in [-0.3, -0.25) is 0 Å². The fourth-order valence-electron chi connectivity index (χ4n) is 2.78. The lowest BCUT2D eigenvalue weighted by molar-refractivity contribution is 0.199. The first-order valence-corrected chi connectivity index (χ1v) is 7.19. The van der Waals surface area contributed by atoms with Gasteiger partial charge in [0.05, 0.1) is 13.2 Å². The predicted octanol–water partition coefficient (Wildman–Crippen LogP) is 2.91. The highest BCUT2D eigenvalue weighted by atomic mass is 16.5. The summed E-state index contributed by atoms with van der Waals surface area (Å²) < 4.78 is 5.20. The number of methoxy groups -OCH3 is 1. The summed E-state index contributed by atoms with van der Waals surface area (Å²) in [5, 5.41) is 9.68. The Labute approximate surface area is 125 Å². The highest BCUT2D eigenvalue weighted by Crippen LogP contribution is 2.31. The maximum absolute atomic E-state index is 9.68. The fourth-order valence-corrected chi connectivity index (χ4v) is 2.78. The van der Waals surface area contributed by atoms with Gasteiger partial charge in [-0.25, -0.2) is 0 Å². The number of benzene rings is 1. The lowest BCUT2D eigenvalue weighted by Crippen LogP contribution is -2.19. The van der Waals surface area contributed by atoms with E-state index in [0.29, 0.717) is 0 Å². The summed E-state index contributed by atoms with van der Waals surface area (Å²) in [6.07, 6.45) is 0.614. The summed E-state index contributed by atoms with van der Waals surface area (Å²) in [6, 6.07) is 16.1. The van der Waals surface area contributed by atoms with E-state index in [1.54, 1.807) is 14.0 Å². The van der Waals surface area contributed by atoms with Crippen LogP contribution in [0.1, 0.15) is 29.7 Å². The second-order valence-corrected chi connectivity index (χ2v) is 5.44. The Morgan fingerprint density at radius 3 is 3.00 bits per heavy atom. The van der Waals surface area contributed by atoms with Crippen molar-refractivity contribution in [2.24, 2.45) is 0 Å². The molecule has 3 nitrogen and oxygen atoms in total. The van der Waals surface area contributed by atoms with Crippen LogP contribution in [0.2, 0.25) is 0 Å². The largest absolute Gasteiger partial charge is 0.489 e. The quantitative estimate of drug-likeness (QED) is 0.935. The zero-order chi connectivity index (χ0) is 14.8. The van der Waals surface area contributed by atoms with Crippen molar-refractivity contribution in [3.8, 4) is 5.75 Å². The van der Waals surface area contributed by atoms with Crippen LogP contribution in [0.3, 0.4) is 0 Å². The zero-order valence-corrected chi connectivity index (χ0v) is 12.4. The van der Waals surface area contributed by atoms with Gasteiger partial charge in [-0.2, -0.15) is 0 Å². The summed E-state index contributed by atoms with van der Waals surface area (Å²) in [5.74, 6) is 0.719. The van der Waals surface area contributed by atoms with E-state index in [4.69, 9.17) is 4.74 Å². The van der Waals surface area contributed by atoms with Crippen molar-refractivity contribution in [1.29, 1.82) is 0 Å². The minimum atomic E-state index is -0.409. The van der Waals surface area contributed by atoms with Gasteiger partial charge in [0.15, 0.2) is 5.75 Å². The molecule has 21 heavy (non-hydrogen) atoms. The van der Waals surface area contributed by atoms with Crippen molar-refractivity contribution in [1.82, 2.24) is 0 Å². The molecule has 1 aliphatic heterocycles. The van der Waals surface area contributed by atoms with Crippen molar-refractivity contribution >= 4 is 5.69 Å². The Morgan fingerprint density at radius 2 is 2.24 bits per heavy atom. The monoisotopic (exact) mass is 281 g/mol. The van der Waals surface area contributed by atoms with E-state index in [2.05, 4.69) is 29.2 Å². The molecule has 0 amide bonds. The third-order valence-corrected chi connectivity index (χ3v) is 3.94. The Morgan fingerprint density at radius 1 is 1.38 bits per heavy atom. The smallest absolute Gasteiger partial charge is 0.170 e. The van der Waals surface area contributed by atoms with Crippen LogP contribution >= 0.6 is 0 Å². The van der Waals surface area contributed by atoms with Crippen molar-refractivity contribution in [2.45, 2.75) is 26.0 Å². The molecule has 3 rings (SSSR count). The molecule has 0 saturated heterocycles. The number of fused-ring (bicyclic) bond motifs is 1. The molecule has 1 heterocycles. The second-order valence-electron chi connectivity index (χ2n) is 5.44. The molecule has 0 saturated carbocycles. The van der Waals surface area contributed by atoms with E-state index in [1.807, 2.05) is 18.2 Å². The van der Waals surface area contributed by atoms with Gasteiger partial charge in [-0.1, -0.05) is 18.2 Å². The number of rotatable bonds is 4. The normalized spacial score (nSPS) is 14.5. The van der Waals surface area contributed by atoms with Gasteiger partial charge in [0.2, 0.25) is 0 Å². The third kappa shape index (κ3) is 2.81. The molecule has 2 aromatic rings. The fraction of sp³-hybridized carbons (Fsp3) is 0.333. The molecule has 1 N–H and O–H groups in total. The summed E-state index contributed by atoms with van der Waals surface area (Å²) in [5.41, 5.74) is 4.72.